The molecular formula is C7H15N3O5S. The van der Waals surface area contributed by atoms with Gasteiger partial charge in [-0.05, 0) is 0 Å². The van der Waals surface area contributed by atoms with Crippen LogP contribution in [0, 0.1) is 0 Å². The molecule has 1 atom stereocenters. The van der Waals surface area contributed by atoms with E-state index in [2.05, 4.69) is 4.74 Å². The Balaban J connectivity index is 2.76. The lowest BCUT2D eigenvalue weighted by Gasteiger charge is -2.33. The molecule has 0 aromatic carbocycles. The second-order valence-electron chi connectivity index (χ2n) is 3.17. The Morgan fingerprint density at radius 2 is 2.38 bits per heavy atom. The summed E-state index contributed by atoms with van der Waals surface area (Å²) in [4.78, 5) is 10.9. The molecule has 0 radical (unpaired) electrons. The molecule has 1 heterocycles. The molecule has 1 unspecified atom stereocenters. The van der Waals surface area contributed by atoms with E-state index in [-0.39, 0.29) is 26.3 Å². The number of nitrogens with zero attached hydrogens (tertiary/aromatic N) is 1. The van der Waals surface area contributed by atoms with Crippen LogP contribution in [0.2, 0.25) is 0 Å². The third-order valence-electron chi connectivity index (χ3n) is 2.15. The van der Waals surface area contributed by atoms with E-state index in [4.69, 9.17) is 10.5 Å². The highest BCUT2D eigenvalue weighted by Crippen LogP contribution is 2.10. The predicted octanol–water partition coefficient (Wildman–Crippen LogP) is -1.75. The SMILES string of the molecule is COC(=O)NS(=O)(=O)N1CCOCC1CN. The van der Waals surface area contributed by atoms with Crippen molar-refractivity contribution in [1.82, 2.24) is 9.03 Å². The minimum Gasteiger partial charge on any atom is -0.452 e. The van der Waals surface area contributed by atoms with E-state index in [0.717, 1.165) is 11.4 Å². The summed E-state index contributed by atoms with van der Waals surface area (Å²) in [6.07, 6.45) is -1.03. The topological polar surface area (TPSA) is 111 Å². The summed E-state index contributed by atoms with van der Waals surface area (Å²) in [5.41, 5.74) is 5.42. The maximum absolute atomic E-state index is 11.7. The Morgan fingerprint density at radius 3 is 2.94 bits per heavy atom. The number of ether oxygens (including phenoxy) is 2. The van der Waals surface area contributed by atoms with Gasteiger partial charge in [-0.15, -0.1) is 0 Å². The van der Waals surface area contributed by atoms with Crippen LogP contribution in [0.25, 0.3) is 0 Å². The molecule has 0 bridgehead atoms. The van der Waals surface area contributed by atoms with Gasteiger partial charge in [-0.1, -0.05) is 0 Å². The molecule has 0 saturated carbocycles. The summed E-state index contributed by atoms with van der Waals surface area (Å²) in [5.74, 6) is 0. The molecular weight excluding hydrogens is 238 g/mol. The highest BCUT2D eigenvalue weighted by molar-refractivity contribution is 7.87. The Bertz CT molecular complexity index is 344. The first-order chi connectivity index (χ1) is 7.51. The fraction of sp³-hybridized carbons (Fsp3) is 0.857. The Morgan fingerprint density at radius 1 is 1.69 bits per heavy atom. The summed E-state index contributed by atoms with van der Waals surface area (Å²) < 4.78 is 35.7. The third kappa shape index (κ3) is 3.04. The second-order valence-corrected chi connectivity index (χ2v) is 4.80. The summed E-state index contributed by atoms with van der Waals surface area (Å²) >= 11 is 0. The summed E-state index contributed by atoms with van der Waals surface area (Å²) in [6, 6.07) is -0.462. The normalized spacial score (nSPS) is 22.8. The maximum Gasteiger partial charge on any atom is 0.421 e. The fourth-order valence-electron chi connectivity index (χ4n) is 1.35. The Labute approximate surface area is 93.9 Å². The molecule has 1 amide bonds. The lowest BCUT2D eigenvalue weighted by Crippen LogP contribution is -2.56. The molecule has 1 aliphatic rings. The van der Waals surface area contributed by atoms with Crippen molar-refractivity contribution in [3.63, 3.8) is 0 Å². The van der Waals surface area contributed by atoms with Crippen LogP contribution in [0.1, 0.15) is 0 Å². The third-order valence-corrected chi connectivity index (χ3v) is 3.67. The highest BCUT2D eigenvalue weighted by Gasteiger charge is 2.33. The molecule has 0 spiro atoms. The fourth-order valence-corrected chi connectivity index (χ4v) is 2.61. The highest BCUT2D eigenvalue weighted by atomic mass is 32.2. The van der Waals surface area contributed by atoms with Crippen LogP contribution < -0.4 is 10.5 Å². The number of rotatable bonds is 3. The van der Waals surface area contributed by atoms with Gasteiger partial charge in [0.05, 0.1) is 26.4 Å². The van der Waals surface area contributed by atoms with Crippen molar-refractivity contribution in [3.8, 4) is 0 Å². The smallest absolute Gasteiger partial charge is 0.421 e. The first kappa shape index (κ1) is 13.2. The van der Waals surface area contributed by atoms with Gasteiger partial charge in [0.1, 0.15) is 0 Å². The lowest BCUT2D eigenvalue weighted by atomic mass is 10.3. The van der Waals surface area contributed by atoms with E-state index in [0.29, 0.717) is 0 Å². The van der Waals surface area contributed by atoms with Crippen LogP contribution in [0.5, 0.6) is 0 Å². The lowest BCUT2D eigenvalue weighted by molar-refractivity contribution is 0.0352. The molecule has 3 N–H and O–H groups in total. The van der Waals surface area contributed by atoms with Crippen molar-refractivity contribution in [2.24, 2.45) is 5.73 Å². The molecule has 1 rings (SSSR count). The summed E-state index contributed by atoms with van der Waals surface area (Å²) in [7, 11) is -2.82. The molecule has 0 aromatic rings. The average Bonchev–Trinajstić information content (AvgIpc) is 2.28. The van der Waals surface area contributed by atoms with Crippen LogP contribution in [-0.2, 0) is 19.7 Å². The summed E-state index contributed by atoms with van der Waals surface area (Å²) in [6.45, 7) is 0.785. The average molecular weight is 253 g/mol. The molecule has 16 heavy (non-hydrogen) atoms. The van der Waals surface area contributed by atoms with Crippen molar-refractivity contribution < 1.29 is 22.7 Å². The van der Waals surface area contributed by atoms with Crippen molar-refractivity contribution in [2.45, 2.75) is 6.04 Å². The maximum atomic E-state index is 11.7. The van der Waals surface area contributed by atoms with Gasteiger partial charge in [-0.2, -0.15) is 12.7 Å². The number of hydrogen-bond donors (Lipinski definition) is 2. The zero-order chi connectivity index (χ0) is 12.2. The van der Waals surface area contributed by atoms with Crippen molar-refractivity contribution in [1.29, 1.82) is 0 Å². The first-order valence-electron chi connectivity index (χ1n) is 4.66. The van der Waals surface area contributed by atoms with Crippen molar-refractivity contribution in [3.05, 3.63) is 0 Å². The van der Waals surface area contributed by atoms with E-state index < -0.39 is 22.3 Å². The summed E-state index contributed by atoms with van der Waals surface area (Å²) in [5, 5.41) is 0. The largest absolute Gasteiger partial charge is 0.452 e. The molecule has 1 aliphatic heterocycles. The van der Waals surface area contributed by atoms with Crippen molar-refractivity contribution >= 4 is 16.3 Å². The molecule has 9 heteroatoms. The van der Waals surface area contributed by atoms with Crippen LogP contribution in [0.3, 0.4) is 0 Å². The number of nitrogens with one attached hydrogen (secondary N) is 1. The number of morpholine rings is 1. The molecule has 1 fully saturated rings. The van der Waals surface area contributed by atoms with Gasteiger partial charge >= 0.3 is 16.3 Å². The zero-order valence-corrected chi connectivity index (χ0v) is 9.70. The first-order valence-corrected chi connectivity index (χ1v) is 6.10. The standard InChI is InChI=1S/C7H15N3O5S/c1-14-7(11)9-16(12,13)10-2-3-15-5-6(10)4-8/h6H,2-5,8H2,1H3,(H,9,11). The Kier molecular flexibility index (Phi) is 4.47. The number of hydrogen-bond acceptors (Lipinski definition) is 6. The molecule has 0 aliphatic carbocycles. The quantitative estimate of drug-likeness (QED) is 0.617. The number of methoxy groups -OCH3 is 1. The van der Waals surface area contributed by atoms with Crippen LogP contribution in [-0.4, -0.2) is 58.3 Å². The Hall–Kier alpha value is -0.900. The number of carbonyl (C=O) groups is 1. The van der Waals surface area contributed by atoms with Crippen LogP contribution in [0.15, 0.2) is 0 Å². The van der Waals surface area contributed by atoms with Gasteiger partial charge in [0.2, 0.25) is 0 Å². The number of amides is 1. The van der Waals surface area contributed by atoms with E-state index >= 15 is 0 Å². The van der Waals surface area contributed by atoms with Gasteiger partial charge in [0.25, 0.3) is 0 Å². The van der Waals surface area contributed by atoms with Gasteiger partial charge in [-0.25, -0.2) is 9.52 Å². The number of carbonyl (C=O) groups excluding carboxylic acids is 1. The molecule has 94 valence electrons. The van der Waals surface area contributed by atoms with E-state index in [1.54, 1.807) is 4.72 Å². The molecule has 0 aromatic heterocycles. The van der Waals surface area contributed by atoms with Gasteiger partial charge in [-0.3, -0.25) is 0 Å². The van der Waals surface area contributed by atoms with Crippen LogP contribution >= 0.6 is 0 Å². The van der Waals surface area contributed by atoms with Crippen molar-refractivity contribution in [2.75, 3.05) is 33.4 Å². The zero-order valence-electron chi connectivity index (χ0n) is 8.88. The van der Waals surface area contributed by atoms with Gasteiger partial charge < -0.3 is 15.2 Å². The predicted molar refractivity (Wildman–Crippen MR) is 54.8 cm³/mol. The number of nitrogens with two attached hydrogens (primary N) is 1. The van der Waals surface area contributed by atoms with E-state index in [9.17, 15) is 13.2 Å². The van der Waals surface area contributed by atoms with Gasteiger partial charge in [0.15, 0.2) is 0 Å². The molecule has 1 saturated heterocycles. The minimum atomic E-state index is -3.91. The second kappa shape index (κ2) is 5.43. The van der Waals surface area contributed by atoms with Gasteiger partial charge in [0, 0.05) is 13.1 Å². The van der Waals surface area contributed by atoms with Crippen LogP contribution in [0.4, 0.5) is 4.79 Å². The monoisotopic (exact) mass is 253 g/mol. The van der Waals surface area contributed by atoms with E-state index in [1.807, 2.05) is 0 Å². The molecule has 8 nitrogen and oxygen atoms in total. The minimum absolute atomic E-state index is 0.127. The van der Waals surface area contributed by atoms with E-state index in [1.165, 1.54) is 0 Å².